The van der Waals surface area contributed by atoms with E-state index in [0.717, 1.165) is 22.8 Å². The minimum Gasteiger partial charge on any atom is -0.494 e. The summed E-state index contributed by atoms with van der Waals surface area (Å²) in [6.45, 7) is 2.69. The van der Waals surface area contributed by atoms with Crippen molar-refractivity contribution in [1.82, 2.24) is 24.4 Å². The molecule has 0 bridgehead atoms. The highest BCUT2D eigenvalue weighted by Gasteiger charge is 2.37. The van der Waals surface area contributed by atoms with Crippen molar-refractivity contribution in [3.63, 3.8) is 0 Å². The summed E-state index contributed by atoms with van der Waals surface area (Å²) >= 11 is 0. The zero-order chi connectivity index (χ0) is 32.4. The van der Waals surface area contributed by atoms with Gasteiger partial charge in [-0.3, -0.25) is 9.36 Å². The van der Waals surface area contributed by atoms with Gasteiger partial charge in [-0.15, -0.1) is 13.2 Å². The van der Waals surface area contributed by atoms with Crippen molar-refractivity contribution in [2.24, 2.45) is 0 Å². The molecule has 1 amide bonds. The average molecular weight is 627 g/mol. The minimum absolute atomic E-state index is 0.0134. The number of aryl methyl sites for hydroxylation is 1. The number of rotatable bonds is 11. The van der Waals surface area contributed by atoms with Crippen LogP contribution in [-0.2, 0) is 11.0 Å². The van der Waals surface area contributed by atoms with E-state index in [4.69, 9.17) is 4.74 Å². The highest BCUT2D eigenvalue weighted by molar-refractivity contribution is 5.87. The van der Waals surface area contributed by atoms with Crippen LogP contribution in [0.25, 0.3) is 16.9 Å². The van der Waals surface area contributed by atoms with Gasteiger partial charge in [-0.25, -0.2) is 9.97 Å². The third kappa shape index (κ3) is 7.21. The molecular formula is C27H28F6N8O3. The Morgan fingerprint density at radius 2 is 1.73 bits per heavy atom. The number of halogens is 6. The molecule has 0 saturated heterocycles. The third-order valence-electron chi connectivity index (χ3n) is 6.39. The van der Waals surface area contributed by atoms with Crippen LogP contribution in [0.15, 0.2) is 36.5 Å². The molecule has 0 aliphatic carbocycles. The summed E-state index contributed by atoms with van der Waals surface area (Å²) in [5, 5.41) is 5.46. The van der Waals surface area contributed by atoms with E-state index in [9.17, 15) is 31.1 Å². The first-order chi connectivity index (χ1) is 20.6. The van der Waals surface area contributed by atoms with Gasteiger partial charge in [-0.05, 0) is 39.2 Å². The fourth-order valence-corrected chi connectivity index (χ4v) is 4.37. The van der Waals surface area contributed by atoms with Gasteiger partial charge in [0.25, 0.3) is 0 Å². The Kier molecular flexibility index (Phi) is 9.08. The van der Waals surface area contributed by atoms with Crippen LogP contribution in [0.1, 0.15) is 11.4 Å². The van der Waals surface area contributed by atoms with Crippen LogP contribution >= 0.6 is 0 Å². The number of ether oxygens (including phenoxy) is 2. The van der Waals surface area contributed by atoms with E-state index >= 15 is 0 Å². The van der Waals surface area contributed by atoms with Crippen LogP contribution in [0.4, 0.5) is 49.4 Å². The Morgan fingerprint density at radius 1 is 1.00 bits per heavy atom. The molecule has 44 heavy (non-hydrogen) atoms. The van der Waals surface area contributed by atoms with Crippen molar-refractivity contribution >= 4 is 40.5 Å². The SMILES string of the molecule is COc1cc(N(C)CCN(C)C)c(NC=O)cc1Nc1ncc(C(F)(F)F)c(-n2c(C)nc3cc(OC(F)(F)F)ccc32)n1. The smallest absolute Gasteiger partial charge is 0.494 e. The molecule has 17 heteroatoms. The fraction of sp³-hybridized carbons (Fsp3) is 0.333. The normalized spacial score (nSPS) is 12.0. The molecule has 2 aromatic carbocycles. The van der Waals surface area contributed by atoms with Gasteiger partial charge in [-0.1, -0.05) is 0 Å². The number of hydrogen-bond acceptors (Lipinski definition) is 9. The number of amides is 1. The molecule has 0 atom stereocenters. The predicted octanol–water partition coefficient (Wildman–Crippen LogP) is 5.36. The number of anilines is 4. The lowest BCUT2D eigenvalue weighted by Crippen LogP contribution is -2.29. The van der Waals surface area contributed by atoms with Gasteiger partial charge in [0.1, 0.15) is 22.9 Å². The topological polar surface area (TPSA) is 110 Å². The van der Waals surface area contributed by atoms with Gasteiger partial charge < -0.3 is 29.9 Å². The number of fused-ring (bicyclic) bond motifs is 1. The summed E-state index contributed by atoms with van der Waals surface area (Å²) in [6, 6.07) is 6.24. The number of benzene rings is 2. The van der Waals surface area contributed by atoms with Crippen molar-refractivity contribution in [3.8, 4) is 17.3 Å². The number of carbonyl (C=O) groups is 1. The molecule has 2 N–H and O–H groups in total. The number of likely N-dealkylation sites (N-methyl/N-ethyl adjacent to an activating group) is 2. The summed E-state index contributed by atoms with van der Waals surface area (Å²) in [6.07, 6.45) is -8.80. The summed E-state index contributed by atoms with van der Waals surface area (Å²) in [7, 11) is 7.05. The van der Waals surface area contributed by atoms with Crippen molar-refractivity contribution in [3.05, 3.63) is 47.9 Å². The average Bonchev–Trinajstić information content (AvgIpc) is 3.25. The first-order valence-corrected chi connectivity index (χ1v) is 12.9. The van der Waals surface area contributed by atoms with Crippen molar-refractivity contribution in [2.75, 3.05) is 56.9 Å². The van der Waals surface area contributed by atoms with Crippen LogP contribution in [0.3, 0.4) is 0 Å². The molecule has 236 valence electrons. The van der Waals surface area contributed by atoms with E-state index in [-0.39, 0.29) is 34.2 Å². The van der Waals surface area contributed by atoms with Crippen LogP contribution in [0.2, 0.25) is 0 Å². The quantitative estimate of drug-likeness (QED) is 0.168. The second-order valence-electron chi connectivity index (χ2n) is 9.80. The second kappa shape index (κ2) is 12.4. The maximum absolute atomic E-state index is 14.1. The van der Waals surface area contributed by atoms with Gasteiger partial charge in [0.15, 0.2) is 5.82 Å². The number of alkyl halides is 6. The monoisotopic (exact) mass is 626 g/mol. The number of carbonyl (C=O) groups excluding carboxylic acids is 1. The standard InChI is InChI=1S/C27H28F6N8O3/c1-15-36-19-10-16(44-27(31,32)33)6-7-21(19)41(15)24-17(26(28,29)30)13-34-25(38-24)37-20-11-18(35-14-42)22(12-23(20)43-5)40(4)9-8-39(2)3/h6-7,10-14H,8-9H2,1-5H3,(H,35,42)(H,34,37,38). The van der Waals surface area contributed by atoms with E-state index in [1.54, 1.807) is 6.07 Å². The molecule has 11 nitrogen and oxygen atoms in total. The summed E-state index contributed by atoms with van der Waals surface area (Å²) in [5.74, 6) is -1.18. The molecule has 0 unspecified atom stereocenters. The number of aromatic nitrogens is 4. The summed E-state index contributed by atoms with van der Waals surface area (Å²) < 4.78 is 91.0. The van der Waals surface area contributed by atoms with Crippen molar-refractivity contribution in [2.45, 2.75) is 19.5 Å². The van der Waals surface area contributed by atoms with E-state index in [1.807, 2.05) is 30.9 Å². The molecule has 0 saturated carbocycles. The van der Waals surface area contributed by atoms with Crippen molar-refractivity contribution < 1.29 is 40.6 Å². The fourth-order valence-electron chi connectivity index (χ4n) is 4.37. The first kappa shape index (κ1) is 32.1. The minimum atomic E-state index is -4.97. The molecule has 0 radical (unpaired) electrons. The zero-order valence-electron chi connectivity index (χ0n) is 24.1. The van der Waals surface area contributed by atoms with Gasteiger partial charge in [0, 0.05) is 38.5 Å². The molecule has 0 aliphatic heterocycles. The number of nitrogens with one attached hydrogen (secondary N) is 2. The van der Waals surface area contributed by atoms with Gasteiger partial charge >= 0.3 is 12.5 Å². The Balaban J connectivity index is 1.80. The van der Waals surface area contributed by atoms with Crippen LogP contribution in [0, 0.1) is 6.92 Å². The van der Waals surface area contributed by atoms with Crippen molar-refractivity contribution in [1.29, 1.82) is 0 Å². The molecule has 0 aliphatic rings. The van der Waals surface area contributed by atoms with E-state index < -0.39 is 29.7 Å². The first-order valence-electron chi connectivity index (χ1n) is 12.9. The van der Waals surface area contributed by atoms with Gasteiger partial charge in [0.2, 0.25) is 12.4 Å². The van der Waals surface area contributed by atoms with Gasteiger partial charge in [0.05, 0.1) is 35.2 Å². The maximum atomic E-state index is 14.1. The predicted molar refractivity (Wildman–Crippen MR) is 151 cm³/mol. The van der Waals surface area contributed by atoms with E-state index in [2.05, 4.69) is 30.3 Å². The summed E-state index contributed by atoms with van der Waals surface area (Å²) in [4.78, 5) is 27.4. The zero-order valence-corrected chi connectivity index (χ0v) is 24.1. The molecule has 0 fully saturated rings. The maximum Gasteiger partial charge on any atom is 0.573 e. The Labute approximate surface area is 247 Å². The lowest BCUT2D eigenvalue weighted by molar-refractivity contribution is -0.274. The molecule has 4 rings (SSSR count). The highest BCUT2D eigenvalue weighted by atomic mass is 19.4. The number of nitrogens with zero attached hydrogens (tertiary/aromatic N) is 6. The molecule has 0 spiro atoms. The largest absolute Gasteiger partial charge is 0.573 e. The molecule has 2 heterocycles. The van der Waals surface area contributed by atoms with Crippen LogP contribution < -0.4 is 25.0 Å². The molecular weight excluding hydrogens is 598 g/mol. The Hall–Kier alpha value is -4.80. The number of methoxy groups -OCH3 is 1. The molecule has 4 aromatic rings. The van der Waals surface area contributed by atoms with E-state index in [0.29, 0.717) is 37.1 Å². The lowest BCUT2D eigenvalue weighted by Gasteiger charge is -2.25. The van der Waals surface area contributed by atoms with Crippen LogP contribution in [0.5, 0.6) is 11.5 Å². The highest BCUT2D eigenvalue weighted by Crippen LogP contribution is 2.39. The Morgan fingerprint density at radius 3 is 2.34 bits per heavy atom. The van der Waals surface area contributed by atoms with Gasteiger partial charge in [-0.2, -0.15) is 18.2 Å². The number of hydrogen-bond donors (Lipinski definition) is 2. The third-order valence-corrected chi connectivity index (χ3v) is 6.39. The molecule has 2 aromatic heterocycles. The van der Waals surface area contributed by atoms with Crippen LogP contribution in [-0.4, -0.2) is 78.5 Å². The Bertz CT molecular complexity index is 1660. The van der Waals surface area contributed by atoms with E-state index in [1.165, 1.54) is 20.1 Å². The number of imidazole rings is 1. The second-order valence-corrected chi connectivity index (χ2v) is 9.80. The lowest BCUT2D eigenvalue weighted by atomic mass is 10.2. The summed E-state index contributed by atoms with van der Waals surface area (Å²) in [5.41, 5.74) is 0.00974.